The molecule has 2 N–H and O–H groups in total. The summed E-state index contributed by atoms with van der Waals surface area (Å²) in [5.41, 5.74) is -0.282. The van der Waals surface area contributed by atoms with Gasteiger partial charge in [-0.25, -0.2) is 13.2 Å². The van der Waals surface area contributed by atoms with Crippen molar-refractivity contribution in [2.75, 3.05) is 20.2 Å². The number of aliphatic hydroxyl groups is 1. The summed E-state index contributed by atoms with van der Waals surface area (Å²) in [7, 11) is -2.53. The molecule has 18 heavy (non-hydrogen) atoms. The van der Waals surface area contributed by atoms with Crippen molar-refractivity contribution in [3.63, 3.8) is 0 Å². The number of benzene rings is 1. The van der Waals surface area contributed by atoms with Crippen molar-refractivity contribution in [2.24, 2.45) is 0 Å². The molecule has 0 spiro atoms. The monoisotopic (exact) mass is 293 g/mol. The van der Waals surface area contributed by atoms with E-state index in [0.29, 0.717) is 0 Å². The number of aromatic carboxylic acids is 1. The molecule has 6 nitrogen and oxygen atoms in total. The third-order valence-electron chi connectivity index (χ3n) is 2.29. The molecule has 0 amide bonds. The smallest absolute Gasteiger partial charge is 0.337 e. The van der Waals surface area contributed by atoms with Crippen LogP contribution in [0.5, 0.6) is 0 Å². The molecule has 0 unspecified atom stereocenters. The van der Waals surface area contributed by atoms with Gasteiger partial charge in [0.15, 0.2) is 0 Å². The van der Waals surface area contributed by atoms with Crippen molar-refractivity contribution in [2.45, 2.75) is 4.90 Å². The van der Waals surface area contributed by atoms with Crippen LogP contribution in [0.2, 0.25) is 5.02 Å². The molecule has 1 aromatic carbocycles. The average Bonchev–Trinajstić information content (AvgIpc) is 2.29. The summed E-state index contributed by atoms with van der Waals surface area (Å²) in [5.74, 6) is -1.30. The maximum absolute atomic E-state index is 12.0. The van der Waals surface area contributed by atoms with Gasteiger partial charge in [-0.15, -0.1) is 0 Å². The molecule has 0 saturated carbocycles. The predicted molar refractivity (Wildman–Crippen MR) is 65.3 cm³/mol. The molecule has 0 aliphatic carbocycles. The summed E-state index contributed by atoms with van der Waals surface area (Å²) < 4.78 is 24.9. The molecular weight excluding hydrogens is 282 g/mol. The molecule has 0 aliphatic rings. The summed E-state index contributed by atoms with van der Waals surface area (Å²) in [6.07, 6.45) is 0. The lowest BCUT2D eigenvalue weighted by Crippen LogP contribution is -2.29. The summed E-state index contributed by atoms with van der Waals surface area (Å²) in [6, 6.07) is 3.43. The molecule has 1 rings (SSSR count). The fourth-order valence-electron chi connectivity index (χ4n) is 1.27. The van der Waals surface area contributed by atoms with Crippen molar-refractivity contribution in [1.82, 2.24) is 4.31 Å². The summed E-state index contributed by atoms with van der Waals surface area (Å²) in [6.45, 7) is -0.400. The van der Waals surface area contributed by atoms with Gasteiger partial charge < -0.3 is 10.2 Å². The topological polar surface area (TPSA) is 94.9 Å². The minimum atomic E-state index is -3.82. The van der Waals surface area contributed by atoms with Gasteiger partial charge in [0.1, 0.15) is 0 Å². The van der Waals surface area contributed by atoms with Crippen LogP contribution < -0.4 is 0 Å². The van der Waals surface area contributed by atoms with Crippen LogP contribution in [0.4, 0.5) is 0 Å². The molecule has 0 atom stereocenters. The molecule has 0 heterocycles. The minimum Gasteiger partial charge on any atom is -0.478 e. The molecule has 0 aliphatic heterocycles. The highest BCUT2D eigenvalue weighted by Gasteiger charge is 2.22. The zero-order chi connectivity index (χ0) is 13.9. The van der Waals surface area contributed by atoms with E-state index in [0.717, 1.165) is 10.4 Å². The predicted octanol–water partition coefficient (Wildman–Crippen LogP) is 0.651. The Kier molecular flexibility index (Phi) is 4.69. The van der Waals surface area contributed by atoms with E-state index in [1.165, 1.54) is 19.2 Å². The number of hydrogen-bond donors (Lipinski definition) is 2. The van der Waals surface area contributed by atoms with Gasteiger partial charge in [-0.1, -0.05) is 11.6 Å². The summed E-state index contributed by atoms with van der Waals surface area (Å²) >= 11 is 5.65. The molecule has 0 fully saturated rings. The SMILES string of the molecule is CN(CCO)S(=O)(=O)c1ccc(Cl)c(C(=O)O)c1. The molecular formula is C10H12ClNO5S. The molecule has 1 aromatic rings. The maximum atomic E-state index is 12.0. The number of carboxylic acid groups (broad SMARTS) is 1. The number of aliphatic hydroxyl groups excluding tert-OH is 1. The van der Waals surface area contributed by atoms with Crippen LogP contribution in [0.3, 0.4) is 0 Å². The number of rotatable bonds is 5. The third kappa shape index (κ3) is 2.99. The Morgan fingerprint density at radius 2 is 2.06 bits per heavy atom. The van der Waals surface area contributed by atoms with Crippen LogP contribution in [-0.2, 0) is 10.0 Å². The highest BCUT2D eigenvalue weighted by Crippen LogP contribution is 2.22. The first kappa shape index (κ1) is 14.9. The van der Waals surface area contributed by atoms with Gasteiger partial charge in [-0.2, -0.15) is 4.31 Å². The first-order valence-corrected chi connectivity index (χ1v) is 6.72. The Hall–Kier alpha value is -1.15. The minimum absolute atomic E-state index is 0.0359. The first-order valence-electron chi connectivity index (χ1n) is 4.90. The van der Waals surface area contributed by atoms with E-state index in [1.807, 2.05) is 0 Å². The number of halogens is 1. The highest BCUT2D eigenvalue weighted by molar-refractivity contribution is 7.89. The largest absolute Gasteiger partial charge is 0.478 e. The van der Waals surface area contributed by atoms with Gasteiger partial charge in [0.05, 0.1) is 22.1 Å². The number of carbonyl (C=O) groups is 1. The lowest BCUT2D eigenvalue weighted by Gasteiger charge is -2.16. The van der Waals surface area contributed by atoms with Crippen LogP contribution in [-0.4, -0.2) is 49.1 Å². The van der Waals surface area contributed by atoms with E-state index < -0.39 is 16.0 Å². The highest BCUT2D eigenvalue weighted by atomic mass is 35.5. The van der Waals surface area contributed by atoms with Crippen molar-refractivity contribution >= 4 is 27.6 Å². The van der Waals surface area contributed by atoms with Crippen molar-refractivity contribution in [1.29, 1.82) is 0 Å². The second-order valence-electron chi connectivity index (χ2n) is 3.50. The first-order chi connectivity index (χ1) is 8.30. The molecule has 0 radical (unpaired) electrons. The number of likely N-dealkylation sites (N-methyl/N-ethyl adjacent to an activating group) is 1. The Labute approximate surface area is 109 Å². The van der Waals surface area contributed by atoms with E-state index in [2.05, 4.69) is 0 Å². The summed E-state index contributed by atoms with van der Waals surface area (Å²) in [5, 5.41) is 17.5. The Morgan fingerprint density at radius 3 is 2.56 bits per heavy atom. The van der Waals surface area contributed by atoms with E-state index in [9.17, 15) is 13.2 Å². The van der Waals surface area contributed by atoms with Crippen molar-refractivity contribution in [3.05, 3.63) is 28.8 Å². The van der Waals surface area contributed by atoms with Crippen LogP contribution in [0.25, 0.3) is 0 Å². The average molecular weight is 294 g/mol. The molecule has 0 aromatic heterocycles. The quantitative estimate of drug-likeness (QED) is 0.831. The Balaban J connectivity index is 3.26. The standard InChI is InChI=1S/C10H12ClNO5S/c1-12(4-5-13)18(16,17)7-2-3-9(11)8(6-7)10(14)15/h2-3,6,13H,4-5H2,1H3,(H,14,15). The van der Waals surface area contributed by atoms with E-state index >= 15 is 0 Å². The Morgan fingerprint density at radius 1 is 1.44 bits per heavy atom. The van der Waals surface area contributed by atoms with Gasteiger partial charge in [0.2, 0.25) is 10.0 Å². The number of sulfonamides is 1. The van der Waals surface area contributed by atoms with Crippen LogP contribution in [0.15, 0.2) is 23.1 Å². The third-order valence-corrected chi connectivity index (χ3v) is 4.47. The zero-order valence-corrected chi connectivity index (χ0v) is 11.1. The van der Waals surface area contributed by atoms with Crippen LogP contribution >= 0.6 is 11.6 Å². The van der Waals surface area contributed by atoms with Crippen LogP contribution in [0, 0.1) is 0 Å². The number of nitrogens with zero attached hydrogens (tertiary/aromatic N) is 1. The van der Waals surface area contributed by atoms with E-state index in [-0.39, 0.29) is 28.6 Å². The maximum Gasteiger partial charge on any atom is 0.337 e. The number of hydrogen-bond acceptors (Lipinski definition) is 4. The summed E-state index contributed by atoms with van der Waals surface area (Å²) in [4.78, 5) is 10.7. The fraction of sp³-hybridized carbons (Fsp3) is 0.300. The van der Waals surface area contributed by atoms with E-state index in [4.69, 9.17) is 21.8 Å². The molecule has 0 bridgehead atoms. The molecule has 8 heteroatoms. The van der Waals surface area contributed by atoms with Gasteiger partial charge in [0.25, 0.3) is 0 Å². The Bertz CT molecular complexity index is 557. The molecule has 0 saturated heterocycles. The van der Waals surface area contributed by atoms with Gasteiger partial charge in [-0.3, -0.25) is 0 Å². The molecule has 100 valence electrons. The van der Waals surface area contributed by atoms with Gasteiger partial charge in [0, 0.05) is 13.6 Å². The normalized spacial score (nSPS) is 11.8. The van der Waals surface area contributed by atoms with Gasteiger partial charge >= 0.3 is 5.97 Å². The zero-order valence-electron chi connectivity index (χ0n) is 9.50. The number of carboxylic acids is 1. The lowest BCUT2D eigenvalue weighted by atomic mass is 10.2. The fourth-order valence-corrected chi connectivity index (χ4v) is 2.66. The second kappa shape index (κ2) is 5.66. The van der Waals surface area contributed by atoms with Crippen LogP contribution in [0.1, 0.15) is 10.4 Å². The lowest BCUT2D eigenvalue weighted by molar-refractivity contribution is 0.0697. The van der Waals surface area contributed by atoms with Crippen molar-refractivity contribution in [3.8, 4) is 0 Å². The van der Waals surface area contributed by atoms with E-state index in [1.54, 1.807) is 0 Å². The van der Waals surface area contributed by atoms with Gasteiger partial charge in [-0.05, 0) is 18.2 Å². The van der Waals surface area contributed by atoms with Crippen molar-refractivity contribution < 1.29 is 23.4 Å². The second-order valence-corrected chi connectivity index (χ2v) is 5.95.